The van der Waals surface area contributed by atoms with Crippen LogP contribution in [0.4, 0.5) is 5.69 Å². The molecule has 0 fully saturated rings. The molecule has 4 rings (SSSR count). The van der Waals surface area contributed by atoms with Crippen molar-refractivity contribution in [2.24, 2.45) is 15.9 Å². The fourth-order valence-corrected chi connectivity index (χ4v) is 3.00. The lowest BCUT2D eigenvalue weighted by Crippen LogP contribution is -2.36. The molecule has 3 N–H and O–H groups in total. The van der Waals surface area contributed by atoms with Gasteiger partial charge in [0.15, 0.2) is 10.8 Å². The number of hydrogen-bond donors (Lipinski definition) is 2. The lowest BCUT2D eigenvalue weighted by Gasteiger charge is -2.08. The highest BCUT2D eigenvalue weighted by molar-refractivity contribution is 7.80. The molecule has 3 aromatic carbocycles. The van der Waals surface area contributed by atoms with Crippen molar-refractivity contribution in [2.45, 2.75) is 0 Å². The summed E-state index contributed by atoms with van der Waals surface area (Å²) in [5, 5.41) is 11.5. The number of anilines is 1. The third-order valence-corrected chi connectivity index (χ3v) is 4.33. The van der Waals surface area contributed by atoms with Gasteiger partial charge in [-0.2, -0.15) is 15.2 Å². The van der Waals surface area contributed by atoms with E-state index in [0.717, 1.165) is 27.0 Å². The van der Waals surface area contributed by atoms with Gasteiger partial charge in [-0.05, 0) is 23.7 Å². The number of benzene rings is 3. The van der Waals surface area contributed by atoms with Gasteiger partial charge in [-0.25, -0.2) is 0 Å². The predicted octanol–water partition coefficient (Wildman–Crippen LogP) is 3.10. The first-order chi connectivity index (χ1) is 13.1. The Morgan fingerprint density at radius 1 is 1.00 bits per heavy atom. The number of nitrogens with one attached hydrogen (secondary N) is 1. The van der Waals surface area contributed by atoms with E-state index in [1.807, 2.05) is 72.8 Å². The van der Waals surface area contributed by atoms with Gasteiger partial charge < -0.3 is 5.73 Å². The summed E-state index contributed by atoms with van der Waals surface area (Å²) < 4.78 is 0. The van der Waals surface area contributed by atoms with E-state index in [-0.39, 0.29) is 10.8 Å². The number of amides is 1. The molecule has 0 unspecified atom stereocenters. The second kappa shape index (κ2) is 6.97. The minimum atomic E-state index is -0.464. The molecule has 0 atom stereocenters. The molecule has 0 bridgehead atoms. The molecule has 0 spiro atoms. The van der Waals surface area contributed by atoms with Gasteiger partial charge in [0.1, 0.15) is 5.71 Å². The zero-order valence-electron chi connectivity index (χ0n) is 14.2. The highest BCUT2D eigenvalue weighted by Crippen LogP contribution is 2.23. The van der Waals surface area contributed by atoms with Crippen molar-refractivity contribution >= 4 is 51.1 Å². The molecule has 27 heavy (non-hydrogen) atoms. The van der Waals surface area contributed by atoms with Gasteiger partial charge in [-0.1, -0.05) is 66.7 Å². The van der Waals surface area contributed by atoms with E-state index in [9.17, 15) is 4.79 Å². The minimum absolute atomic E-state index is 0.121. The quantitative estimate of drug-likeness (QED) is 0.546. The Labute approximate surface area is 161 Å². The molecule has 0 aliphatic carbocycles. The summed E-state index contributed by atoms with van der Waals surface area (Å²) in [6.45, 7) is 0. The second-order valence-corrected chi connectivity index (χ2v) is 6.29. The maximum atomic E-state index is 12.7. The third-order valence-electron chi connectivity index (χ3n) is 4.15. The summed E-state index contributed by atoms with van der Waals surface area (Å²) in [4.78, 5) is 12.7. The number of carbonyl (C=O) groups excluding carboxylic acids is 1. The van der Waals surface area contributed by atoms with Crippen molar-refractivity contribution < 1.29 is 4.79 Å². The highest BCUT2D eigenvalue weighted by atomic mass is 32.1. The lowest BCUT2D eigenvalue weighted by atomic mass is 10.1. The number of hydrogen-bond acceptors (Lipinski definition) is 5. The lowest BCUT2D eigenvalue weighted by molar-refractivity contribution is -0.119. The monoisotopic (exact) mass is 373 g/mol. The SMILES string of the molecule is NC(=S)N1N=C(c2ccccc2)/C(=N\Nc2cccc3ccccc23)C1=O. The summed E-state index contributed by atoms with van der Waals surface area (Å²) in [5.41, 5.74) is 10.7. The van der Waals surface area contributed by atoms with Gasteiger partial charge in [0, 0.05) is 10.9 Å². The van der Waals surface area contributed by atoms with Crippen LogP contribution in [0.25, 0.3) is 10.8 Å². The molecule has 1 aliphatic rings. The van der Waals surface area contributed by atoms with E-state index < -0.39 is 5.91 Å². The van der Waals surface area contributed by atoms with E-state index in [2.05, 4.69) is 15.6 Å². The fraction of sp³-hybridized carbons (Fsp3) is 0. The van der Waals surface area contributed by atoms with E-state index in [1.54, 1.807) is 0 Å². The van der Waals surface area contributed by atoms with Crippen LogP contribution in [0.5, 0.6) is 0 Å². The van der Waals surface area contributed by atoms with Gasteiger partial charge in [-0.15, -0.1) is 0 Å². The molecule has 132 valence electrons. The molecule has 1 amide bonds. The smallest absolute Gasteiger partial charge is 0.303 e. The molecule has 0 saturated heterocycles. The molecule has 0 saturated carbocycles. The van der Waals surface area contributed by atoms with Crippen LogP contribution in [0.1, 0.15) is 5.56 Å². The fourth-order valence-electron chi connectivity index (χ4n) is 2.87. The van der Waals surface area contributed by atoms with Gasteiger partial charge in [0.05, 0.1) is 5.69 Å². The van der Waals surface area contributed by atoms with E-state index in [1.165, 1.54) is 0 Å². The van der Waals surface area contributed by atoms with Gasteiger partial charge in [0.25, 0.3) is 0 Å². The number of rotatable bonds is 3. The Morgan fingerprint density at radius 2 is 1.70 bits per heavy atom. The van der Waals surface area contributed by atoms with Gasteiger partial charge in [-0.3, -0.25) is 10.2 Å². The molecular formula is C20H15N5OS. The first kappa shape index (κ1) is 16.9. The average molecular weight is 373 g/mol. The van der Waals surface area contributed by atoms with E-state index in [4.69, 9.17) is 18.0 Å². The maximum absolute atomic E-state index is 12.7. The number of hydrazone groups is 2. The van der Waals surface area contributed by atoms with Crippen molar-refractivity contribution in [2.75, 3.05) is 5.43 Å². The number of nitrogens with two attached hydrogens (primary N) is 1. The maximum Gasteiger partial charge on any atom is 0.303 e. The number of carbonyl (C=O) groups is 1. The van der Waals surface area contributed by atoms with Crippen LogP contribution in [0.2, 0.25) is 0 Å². The minimum Gasteiger partial charge on any atom is -0.374 e. The number of fused-ring (bicyclic) bond motifs is 1. The van der Waals surface area contributed by atoms with Crippen LogP contribution in [0.3, 0.4) is 0 Å². The molecule has 0 aromatic heterocycles. The largest absolute Gasteiger partial charge is 0.374 e. The zero-order chi connectivity index (χ0) is 18.8. The first-order valence-corrected chi connectivity index (χ1v) is 8.66. The number of thiocarbonyl (C=S) groups is 1. The van der Waals surface area contributed by atoms with Crippen molar-refractivity contribution in [3.8, 4) is 0 Å². The molecule has 3 aromatic rings. The average Bonchev–Trinajstić information content (AvgIpc) is 3.03. The highest BCUT2D eigenvalue weighted by Gasteiger charge is 2.34. The Morgan fingerprint density at radius 3 is 2.48 bits per heavy atom. The summed E-state index contributed by atoms with van der Waals surface area (Å²) in [6.07, 6.45) is 0. The van der Waals surface area contributed by atoms with E-state index in [0.29, 0.717) is 5.71 Å². The summed E-state index contributed by atoms with van der Waals surface area (Å²) in [7, 11) is 0. The van der Waals surface area contributed by atoms with Crippen LogP contribution in [0.15, 0.2) is 83.0 Å². The van der Waals surface area contributed by atoms with Crippen LogP contribution >= 0.6 is 12.2 Å². The van der Waals surface area contributed by atoms with Crippen molar-refractivity contribution in [3.05, 3.63) is 78.4 Å². The van der Waals surface area contributed by atoms with Crippen molar-refractivity contribution in [3.63, 3.8) is 0 Å². The Bertz CT molecular complexity index is 1100. The van der Waals surface area contributed by atoms with Crippen LogP contribution in [-0.2, 0) is 4.79 Å². The Hall–Kier alpha value is -3.58. The molecule has 0 radical (unpaired) electrons. The summed E-state index contributed by atoms with van der Waals surface area (Å²) in [6, 6.07) is 23.1. The third kappa shape index (κ3) is 3.16. The van der Waals surface area contributed by atoms with Crippen LogP contribution in [-0.4, -0.2) is 27.5 Å². The second-order valence-electron chi connectivity index (χ2n) is 5.87. The Kier molecular flexibility index (Phi) is 4.35. The molecule has 7 heteroatoms. The molecule has 6 nitrogen and oxygen atoms in total. The van der Waals surface area contributed by atoms with Crippen LogP contribution < -0.4 is 11.2 Å². The molecule has 1 heterocycles. The van der Waals surface area contributed by atoms with Crippen molar-refractivity contribution in [1.29, 1.82) is 0 Å². The normalized spacial score (nSPS) is 15.3. The standard InChI is InChI=1S/C20H15N5OS/c21-20(27)25-19(26)18(17(24-25)14-8-2-1-3-9-14)23-22-16-12-6-10-13-7-4-5-11-15(13)16/h1-12,22H,(H2,21,27)/b23-18+. The van der Waals surface area contributed by atoms with Crippen molar-refractivity contribution in [1.82, 2.24) is 5.01 Å². The topological polar surface area (TPSA) is 83.1 Å². The van der Waals surface area contributed by atoms with Crippen LogP contribution in [0, 0.1) is 0 Å². The summed E-state index contributed by atoms with van der Waals surface area (Å²) in [5.74, 6) is -0.464. The number of nitrogens with zero attached hydrogens (tertiary/aromatic N) is 3. The zero-order valence-corrected chi connectivity index (χ0v) is 15.0. The molecular weight excluding hydrogens is 358 g/mol. The van der Waals surface area contributed by atoms with E-state index >= 15 is 0 Å². The van der Waals surface area contributed by atoms with Gasteiger partial charge in [0.2, 0.25) is 0 Å². The molecule has 1 aliphatic heterocycles. The first-order valence-electron chi connectivity index (χ1n) is 8.25. The summed E-state index contributed by atoms with van der Waals surface area (Å²) >= 11 is 4.93. The predicted molar refractivity (Wildman–Crippen MR) is 112 cm³/mol. The van der Waals surface area contributed by atoms with Gasteiger partial charge >= 0.3 is 5.91 Å². The Balaban J connectivity index is 1.75.